The van der Waals surface area contributed by atoms with Gasteiger partial charge in [-0.25, -0.2) is 0 Å². The van der Waals surface area contributed by atoms with Crippen molar-refractivity contribution in [2.45, 2.75) is 0 Å². The van der Waals surface area contributed by atoms with E-state index in [1.165, 1.54) is 0 Å². The maximum Gasteiger partial charge on any atom is 0.203 e. The Morgan fingerprint density at radius 2 is 2.27 bits per heavy atom. The van der Waals surface area contributed by atoms with E-state index in [1.54, 1.807) is 18.2 Å². The number of fused-ring (bicyclic) bond motifs is 1. The summed E-state index contributed by atoms with van der Waals surface area (Å²) in [5, 5.41) is 0. The molecule has 0 amide bonds. The minimum Gasteiger partial charge on any atom is -0.485 e. The number of hydrogen-bond acceptors (Lipinski definition) is 2. The highest BCUT2D eigenvalue weighted by Crippen LogP contribution is 2.22. The molecular weight excluding hydrogens is 139 g/mol. The zero-order valence-corrected chi connectivity index (χ0v) is 5.83. The van der Waals surface area contributed by atoms with Crippen LogP contribution in [0.2, 0.25) is 0 Å². The van der Waals surface area contributed by atoms with Crippen molar-refractivity contribution in [3.05, 3.63) is 23.8 Å². The first-order chi connectivity index (χ1) is 5.27. The number of carbonyl (C=O) groups excluding carboxylic acids is 1. The normalized spacial score (nSPS) is 14.4. The van der Waals surface area contributed by atoms with E-state index < -0.39 is 0 Å². The minimum atomic E-state index is 0.00676. The smallest absolute Gasteiger partial charge is 0.203 e. The van der Waals surface area contributed by atoms with Crippen molar-refractivity contribution in [2.24, 2.45) is 0 Å². The molecule has 2 radical (unpaired) electrons. The van der Waals surface area contributed by atoms with E-state index in [0.717, 1.165) is 0 Å². The van der Waals surface area contributed by atoms with Gasteiger partial charge in [0.05, 0.1) is 5.56 Å². The Morgan fingerprint density at radius 3 is 3.09 bits per heavy atom. The summed E-state index contributed by atoms with van der Waals surface area (Å²) < 4.78 is 5.06. The van der Waals surface area contributed by atoms with Crippen molar-refractivity contribution < 1.29 is 9.53 Å². The van der Waals surface area contributed by atoms with Crippen LogP contribution in [0, 0.1) is 0 Å². The first kappa shape index (κ1) is 6.46. The second-order valence-corrected chi connectivity index (χ2v) is 2.47. The summed E-state index contributed by atoms with van der Waals surface area (Å²) in [7, 11) is 5.49. The van der Waals surface area contributed by atoms with E-state index in [4.69, 9.17) is 12.6 Å². The molecule has 1 aliphatic heterocycles. The lowest BCUT2D eigenvalue weighted by atomic mass is 9.93. The van der Waals surface area contributed by atoms with Gasteiger partial charge in [0.25, 0.3) is 0 Å². The Kier molecular flexibility index (Phi) is 1.25. The van der Waals surface area contributed by atoms with E-state index in [9.17, 15) is 4.79 Å². The van der Waals surface area contributed by atoms with Crippen molar-refractivity contribution in [1.82, 2.24) is 0 Å². The van der Waals surface area contributed by atoms with Gasteiger partial charge in [-0.3, -0.25) is 4.79 Å². The fourth-order valence-electron chi connectivity index (χ4n) is 1.11. The lowest BCUT2D eigenvalue weighted by Gasteiger charge is -1.96. The highest BCUT2D eigenvalue weighted by atomic mass is 16.5. The summed E-state index contributed by atoms with van der Waals surface area (Å²) in [4.78, 5) is 11.0. The van der Waals surface area contributed by atoms with E-state index in [2.05, 4.69) is 0 Å². The molecular formula is C8H5BO2. The van der Waals surface area contributed by atoms with Gasteiger partial charge in [0.15, 0.2) is 6.61 Å². The predicted octanol–water partition coefficient (Wildman–Crippen LogP) is 0.0555. The number of Topliss-reactive ketones (excluding diaryl/α,β-unsaturated/α-hetero) is 1. The molecule has 52 valence electrons. The molecule has 1 aromatic carbocycles. The fourth-order valence-corrected chi connectivity index (χ4v) is 1.11. The lowest BCUT2D eigenvalue weighted by Crippen LogP contribution is -2.04. The number of hydrogen-bond donors (Lipinski definition) is 0. The Morgan fingerprint density at radius 1 is 1.45 bits per heavy atom. The third-order valence-corrected chi connectivity index (χ3v) is 1.66. The van der Waals surface area contributed by atoms with Crippen molar-refractivity contribution in [3.8, 4) is 5.75 Å². The maximum absolute atomic E-state index is 11.0. The zero-order valence-electron chi connectivity index (χ0n) is 5.83. The summed E-state index contributed by atoms with van der Waals surface area (Å²) in [5.41, 5.74) is 1.20. The van der Waals surface area contributed by atoms with Crippen molar-refractivity contribution >= 4 is 19.1 Å². The van der Waals surface area contributed by atoms with E-state index >= 15 is 0 Å². The Labute approximate surface area is 65.6 Å². The van der Waals surface area contributed by atoms with E-state index in [0.29, 0.717) is 16.8 Å². The Bertz CT molecular complexity index is 320. The van der Waals surface area contributed by atoms with Crippen LogP contribution in [0.15, 0.2) is 18.2 Å². The molecule has 0 saturated heterocycles. The molecule has 3 heteroatoms. The third-order valence-electron chi connectivity index (χ3n) is 1.66. The number of ketones is 1. The van der Waals surface area contributed by atoms with Crippen LogP contribution in [0.25, 0.3) is 0 Å². The largest absolute Gasteiger partial charge is 0.485 e. The summed E-state index contributed by atoms with van der Waals surface area (Å²) in [6.07, 6.45) is 0. The summed E-state index contributed by atoms with van der Waals surface area (Å²) in [6, 6.07) is 5.08. The van der Waals surface area contributed by atoms with Gasteiger partial charge < -0.3 is 4.74 Å². The summed E-state index contributed by atoms with van der Waals surface area (Å²) in [5.74, 6) is 0.650. The zero-order chi connectivity index (χ0) is 7.84. The van der Waals surface area contributed by atoms with Gasteiger partial charge in [0.2, 0.25) is 5.78 Å². The predicted molar refractivity (Wildman–Crippen MR) is 41.7 cm³/mol. The topological polar surface area (TPSA) is 26.3 Å². The van der Waals surface area contributed by atoms with Gasteiger partial charge in [-0.2, -0.15) is 0 Å². The highest BCUT2D eigenvalue weighted by Gasteiger charge is 2.19. The molecule has 0 spiro atoms. The van der Waals surface area contributed by atoms with Gasteiger partial charge >= 0.3 is 0 Å². The summed E-state index contributed by atoms with van der Waals surface area (Å²) >= 11 is 0. The molecule has 0 fully saturated rings. The van der Waals surface area contributed by atoms with Crippen molar-refractivity contribution in [1.29, 1.82) is 0 Å². The van der Waals surface area contributed by atoms with Crippen LogP contribution in [0.3, 0.4) is 0 Å². The van der Waals surface area contributed by atoms with Gasteiger partial charge in [0.1, 0.15) is 13.6 Å². The number of benzene rings is 1. The maximum atomic E-state index is 11.0. The SMILES string of the molecule is [B]c1ccc2c(c1)C(=O)CO2. The molecule has 0 atom stereocenters. The average Bonchev–Trinajstić information content (AvgIpc) is 2.33. The molecule has 1 aromatic rings. The van der Waals surface area contributed by atoms with Crippen LogP contribution in [0.4, 0.5) is 0 Å². The monoisotopic (exact) mass is 144 g/mol. The van der Waals surface area contributed by atoms with Gasteiger partial charge in [0, 0.05) is 0 Å². The van der Waals surface area contributed by atoms with Gasteiger partial charge in [-0.1, -0.05) is 17.6 Å². The lowest BCUT2D eigenvalue weighted by molar-refractivity contribution is 0.0961. The molecule has 0 aromatic heterocycles. The van der Waals surface area contributed by atoms with Gasteiger partial charge in [-0.15, -0.1) is 0 Å². The molecule has 1 aliphatic rings. The van der Waals surface area contributed by atoms with E-state index in [-0.39, 0.29) is 12.4 Å². The van der Waals surface area contributed by atoms with Crippen LogP contribution in [-0.4, -0.2) is 20.2 Å². The first-order valence-corrected chi connectivity index (χ1v) is 3.33. The molecule has 2 nitrogen and oxygen atoms in total. The molecule has 0 N–H and O–H groups in total. The molecule has 0 aliphatic carbocycles. The highest BCUT2D eigenvalue weighted by molar-refractivity contribution is 6.33. The van der Waals surface area contributed by atoms with Crippen molar-refractivity contribution in [2.75, 3.05) is 6.61 Å². The average molecular weight is 144 g/mol. The van der Waals surface area contributed by atoms with Crippen LogP contribution in [0.5, 0.6) is 5.75 Å². The Hall–Kier alpha value is -1.25. The molecule has 1 heterocycles. The van der Waals surface area contributed by atoms with Crippen LogP contribution in [0.1, 0.15) is 10.4 Å². The third kappa shape index (κ3) is 0.927. The standard InChI is InChI=1S/C8H5BO2/c9-5-1-2-8-6(3-5)7(10)4-11-8/h1-3H,4H2. The minimum absolute atomic E-state index is 0.00676. The molecule has 0 saturated carbocycles. The van der Waals surface area contributed by atoms with Crippen LogP contribution < -0.4 is 10.2 Å². The Balaban J connectivity index is 2.60. The van der Waals surface area contributed by atoms with Crippen molar-refractivity contribution in [3.63, 3.8) is 0 Å². The van der Waals surface area contributed by atoms with E-state index in [1.807, 2.05) is 0 Å². The first-order valence-electron chi connectivity index (χ1n) is 3.33. The van der Waals surface area contributed by atoms with Gasteiger partial charge in [-0.05, 0) is 6.07 Å². The number of carbonyl (C=O) groups is 1. The van der Waals surface area contributed by atoms with Crippen LogP contribution in [-0.2, 0) is 0 Å². The number of rotatable bonds is 0. The van der Waals surface area contributed by atoms with Crippen LogP contribution >= 0.6 is 0 Å². The second kappa shape index (κ2) is 2.12. The molecule has 2 rings (SSSR count). The second-order valence-electron chi connectivity index (χ2n) is 2.47. The molecule has 0 unspecified atom stereocenters. The quantitative estimate of drug-likeness (QED) is 0.481. The fraction of sp³-hybridized carbons (Fsp3) is 0.125. The number of ether oxygens (including phenoxy) is 1. The summed E-state index contributed by atoms with van der Waals surface area (Å²) in [6.45, 7) is 0.152. The molecule has 11 heavy (non-hydrogen) atoms. The molecule has 0 bridgehead atoms.